The summed E-state index contributed by atoms with van der Waals surface area (Å²) in [5.41, 5.74) is 3.43. The number of carbonyl (C=O) groups is 1. The zero-order valence-electron chi connectivity index (χ0n) is 15.6. The summed E-state index contributed by atoms with van der Waals surface area (Å²) < 4.78 is 0. The van der Waals surface area contributed by atoms with E-state index in [4.69, 9.17) is 0 Å². The first-order valence-electron chi connectivity index (χ1n) is 9.47. The van der Waals surface area contributed by atoms with E-state index in [0.29, 0.717) is 5.92 Å². The molecule has 6 heteroatoms. The SMILES string of the molecule is CC(=O)N1CCN(Cc2cnc[nH]2)C[C@H](Cc2cccc3cccnc23)C1. The van der Waals surface area contributed by atoms with Gasteiger partial charge in [-0.05, 0) is 24.0 Å². The maximum atomic E-state index is 12.1. The van der Waals surface area contributed by atoms with E-state index in [-0.39, 0.29) is 5.91 Å². The Hall–Kier alpha value is -2.73. The highest BCUT2D eigenvalue weighted by Crippen LogP contribution is 2.22. The van der Waals surface area contributed by atoms with Crippen molar-refractivity contribution < 1.29 is 4.79 Å². The van der Waals surface area contributed by atoms with E-state index >= 15 is 0 Å². The Bertz CT molecular complexity index is 903. The molecule has 3 heterocycles. The van der Waals surface area contributed by atoms with E-state index in [2.05, 4.69) is 44.1 Å². The number of rotatable bonds is 4. The van der Waals surface area contributed by atoms with Crippen molar-refractivity contribution in [2.45, 2.75) is 19.9 Å². The summed E-state index contributed by atoms with van der Waals surface area (Å²) in [5, 5.41) is 1.17. The fraction of sp³-hybridized carbons (Fsp3) is 0.381. The molecule has 3 aromatic rings. The number of H-pyrrole nitrogens is 1. The quantitative estimate of drug-likeness (QED) is 0.773. The molecule has 0 aliphatic carbocycles. The van der Waals surface area contributed by atoms with E-state index in [1.165, 1.54) is 10.9 Å². The van der Waals surface area contributed by atoms with Gasteiger partial charge in [-0.15, -0.1) is 0 Å². The maximum absolute atomic E-state index is 12.1. The van der Waals surface area contributed by atoms with Crippen molar-refractivity contribution >= 4 is 16.8 Å². The number of aromatic amines is 1. The van der Waals surface area contributed by atoms with Gasteiger partial charge in [-0.1, -0.05) is 24.3 Å². The van der Waals surface area contributed by atoms with Gasteiger partial charge in [0.15, 0.2) is 0 Å². The number of nitrogens with zero attached hydrogens (tertiary/aromatic N) is 4. The summed E-state index contributed by atoms with van der Waals surface area (Å²) >= 11 is 0. The van der Waals surface area contributed by atoms with Gasteiger partial charge in [0.1, 0.15) is 0 Å². The summed E-state index contributed by atoms with van der Waals surface area (Å²) in [6.45, 7) is 5.89. The van der Waals surface area contributed by atoms with E-state index in [9.17, 15) is 4.79 Å². The van der Waals surface area contributed by atoms with Gasteiger partial charge >= 0.3 is 0 Å². The second-order valence-electron chi connectivity index (χ2n) is 7.34. The summed E-state index contributed by atoms with van der Waals surface area (Å²) in [6.07, 6.45) is 6.36. The largest absolute Gasteiger partial charge is 0.347 e. The van der Waals surface area contributed by atoms with Crippen LogP contribution in [0.5, 0.6) is 0 Å². The smallest absolute Gasteiger partial charge is 0.219 e. The maximum Gasteiger partial charge on any atom is 0.219 e. The Balaban J connectivity index is 1.56. The molecule has 1 N–H and O–H groups in total. The molecule has 1 atom stereocenters. The molecule has 4 rings (SSSR count). The third kappa shape index (κ3) is 4.17. The van der Waals surface area contributed by atoms with Crippen LogP contribution in [0.25, 0.3) is 10.9 Å². The first-order valence-corrected chi connectivity index (χ1v) is 9.47. The lowest BCUT2D eigenvalue weighted by atomic mass is 9.96. The third-order valence-electron chi connectivity index (χ3n) is 5.30. The summed E-state index contributed by atoms with van der Waals surface area (Å²) in [6, 6.07) is 10.4. The van der Waals surface area contributed by atoms with Crippen LogP contribution in [-0.2, 0) is 17.8 Å². The molecule has 1 fully saturated rings. The van der Waals surface area contributed by atoms with Crippen molar-refractivity contribution in [1.82, 2.24) is 24.8 Å². The van der Waals surface area contributed by atoms with Gasteiger partial charge in [0, 0.05) is 63.1 Å². The van der Waals surface area contributed by atoms with Crippen LogP contribution in [0.1, 0.15) is 18.2 Å². The average Bonchev–Trinajstić information content (AvgIpc) is 3.09. The Morgan fingerprint density at radius 3 is 2.93 bits per heavy atom. The van der Waals surface area contributed by atoms with Crippen molar-refractivity contribution in [3.8, 4) is 0 Å². The molecule has 27 heavy (non-hydrogen) atoms. The summed E-state index contributed by atoms with van der Waals surface area (Å²) in [4.78, 5) is 28.4. The molecule has 1 aromatic carbocycles. The van der Waals surface area contributed by atoms with Crippen LogP contribution in [0.15, 0.2) is 49.1 Å². The van der Waals surface area contributed by atoms with Gasteiger partial charge < -0.3 is 9.88 Å². The number of aromatic nitrogens is 3. The van der Waals surface area contributed by atoms with Crippen molar-refractivity contribution in [3.05, 3.63) is 60.3 Å². The van der Waals surface area contributed by atoms with Crippen LogP contribution in [0.3, 0.4) is 0 Å². The molecular formula is C21H25N5O. The molecule has 2 aromatic heterocycles. The van der Waals surface area contributed by atoms with Gasteiger partial charge in [-0.2, -0.15) is 0 Å². The highest BCUT2D eigenvalue weighted by molar-refractivity contribution is 5.81. The molecule has 0 saturated carbocycles. The zero-order valence-corrected chi connectivity index (χ0v) is 15.6. The number of nitrogens with one attached hydrogen (secondary N) is 1. The number of pyridine rings is 1. The number of hydrogen-bond donors (Lipinski definition) is 1. The van der Waals surface area contributed by atoms with Crippen molar-refractivity contribution in [2.24, 2.45) is 5.92 Å². The molecule has 0 radical (unpaired) electrons. The monoisotopic (exact) mass is 363 g/mol. The highest BCUT2D eigenvalue weighted by atomic mass is 16.2. The fourth-order valence-electron chi connectivity index (χ4n) is 3.99. The molecule has 1 amide bonds. The molecule has 0 unspecified atom stereocenters. The van der Waals surface area contributed by atoms with E-state index in [1.54, 1.807) is 13.3 Å². The molecule has 1 aliphatic heterocycles. The van der Waals surface area contributed by atoms with Gasteiger partial charge in [0.05, 0.1) is 11.8 Å². The molecule has 1 aliphatic rings. The number of benzene rings is 1. The van der Waals surface area contributed by atoms with Crippen molar-refractivity contribution in [2.75, 3.05) is 26.2 Å². The molecule has 0 bridgehead atoms. The van der Waals surface area contributed by atoms with Crippen molar-refractivity contribution in [3.63, 3.8) is 0 Å². The van der Waals surface area contributed by atoms with Crippen LogP contribution in [0, 0.1) is 5.92 Å². The van der Waals surface area contributed by atoms with Gasteiger partial charge in [-0.3, -0.25) is 14.7 Å². The van der Waals surface area contributed by atoms with Crippen molar-refractivity contribution in [1.29, 1.82) is 0 Å². The van der Waals surface area contributed by atoms with Crippen LogP contribution in [-0.4, -0.2) is 56.8 Å². The second-order valence-corrected chi connectivity index (χ2v) is 7.34. The Morgan fingerprint density at radius 2 is 2.11 bits per heavy atom. The molecule has 140 valence electrons. The first-order chi connectivity index (χ1) is 13.2. The predicted octanol–water partition coefficient (Wildman–Crippen LogP) is 2.48. The second kappa shape index (κ2) is 7.88. The normalized spacial score (nSPS) is 18.6. The number of para-hydroxylation sites is 1. The van der Waals surface area contributed by atoms with E-state index < -0.39 is 0 Å². The number of hydrogen-bond acceptors (Lipinski definition) is 4. The minimum atomic E-state index is 0.152. The summed E-state index contributed by atoms with van der Waals surface area (Å²) in [5.74, 6) is 0.520. The van der Waals surface area contributed by atoms with E-state index in [1.807, 2.05) is 23.4 Å². The Labute approximate surface area is 159 Å². The van der Waals surface area contributed by atoms with Crippen LogP contribution in [0.2, 0.25) is 0 Å². The molecule has 6 nitrogen and oxygen atoms in total. The molecule has 0 spiro atoms. The van der Waals surface area contributed by atoms with E-state index in [0.717, 1.165) is 50.4 Å². The van der Waals surface area contributed by atoms with Gasteiger partial charge in [0.2, 0.25) is 5.91 Å². The number of fused-ring (bicyclic) bond motifs is 1. The molecular weight excluding hydrogens is 338 g/mol. The minimum absolute atomic E-state index is 0.152. The predicted molar refractivity (Wildman–Crippen MR) is 105 cm³/mol. The first kappa shape index (κ1) is 17.7. The topological polar surface area (TPSA) is 65.1 Å². The number of imidazole rings is 1. The Morgan fingerprint density at radius 1 is 1.22 bits per heavy atom. The lowest BCUT2D eigenvalue weighted by molar-refractivity contribution is -0.129. The summed E-state index contributed by atoms with van der Waals surface area (Å²) in [7, 11) is 0. The zero-order chi connectivity index (χ0) is 18.6. The minimum Gasteiger partial charge on any atom is -0.347 e. The lowest BCUT2D eigenvalue weighted by Gasteiger charge is -2.24. The third-order valence-corrected chi connectivity index (χ3v) is 5.30. The number of amides is 1. The van der Waals surface area contributed by atoms with Crippen LogP contribution < -0.4 is 0 Å². The van der Waals surface area contributed by atoms with Crippen LogP contribution >= 0.6 is 0 Å². The Kier molecular flexibility index (Phi) is 5.16. The standard InChI is InChI=1S/C21H25N5O/c1-16(27)26-9-8-25(14-20-11-22-15-24-20)12-17(13-26)10-19-5-2-4-18-6-3-7-23-21(18)19/h2-7,11,15,17H,8-10,12-14H2,1H3,(H,22,24)/t17-/m0/s1. The average molecular weight is 363 g/mol. The van der Waals surface area contributed by atoms with Gasteiger partial charge in [0.25, 0.3) is 0 Å². The van der Waals surface area contributed by atoms with Crippen LogP contribution in [0.4, 0.5) is 0 Å². The highest BCUT2D eigenvalue weighted by Gasteiger charge is 2.25. The lowest BCUT2D eigenvalue weighted by Crippen LogP contribution is -2.34. The molecule has 1 saturated heterocycles. The van der Waals surface area contributed by atoms with Gasteiger partial charge in [-0.25, -0.2) is 4.98 Å². The fourth-order valence-corrected chi connectivity index (χ4v) is 3.99. The number of carbonyl (C=O) groups excluding carboxylic acids is 1.